The van der Waals surface area contributed by atoms with Crippen LogP contribution in [0.1, 0.15) is 20.3 Å². The van der Waals surface area contributed by atoms with E-state index in [0.717, 1.165) is 43.4 Å². The minimum absolute atomic E-state index is 0.539. The van der Waals surface area contributed by atoms with Crippen molar-refractivity contribution in [2.75, 3.05) is 51.1 Å². The Morgan fingerprint density at radius 1 is 1.38 bits per heavy atom. The molecule has 6 heteroatoms. The van der Waals surface area contributed by atoms with Crippen molar-refractivity contribution in [3.8, 4) is 5.75 Å². The second kappa shape index (κ2) is 6.93. The highest BCUT2D eigenvalue weighted by Gasteiger charge is 2.33. The number of anilines is 2. The molecule has 0 radical (unpaired) electrons. The van der Waals surface area contributed by atoms with Gasteiger partial charge in [0.25, 0.3) is 0 Å². The summed E-state index contributed by atoms with van der Waals surface area (Å²) in [6.45, 7) is 7.25. The van der Waals surface area contributed by atoms with E-state index < -0.39 is 0 Å². The highest BCUT2D eigenvalue weighted by molar-refractivity contribution is 5.65. The number of aromatic nitrogens is 2. The first kappa shape index (κ1) is 15.8. The van der Waals surface area contributed by atoms with Crippen molar-refractivity contribution < 1.29 is 4.74 Å². The molecular formula is C15H27N5O. The number of nitrogens with one attached hydrogen (secondary N) is 1. The van der Waals surface area contributed by atoms with Crippen molar-refractivity contribution in [3.63, 3.8) is 0 Å². The second-order valence-corrected chi connectivity index (χ2v) is 5.92. The summed E-state index contributed by atoms with van der Waals surface area (Å²) in [4.78, 5) is 13.4. The van der Waals surface area contributed by atoms with Crippen molar-refractivity contribution in [1.29, 1.82) is 0 Å². The summed E-state index contributed by atoms with van der Waals surface area (Å²) in [6.07, 6.45) is 2.66. The van der Waals surface area contributed by atoms with Crippen molar-refractivity contribution in [3.05, 3.63) is 6.33 Å². The lowest BCUT2D eigenvalue weighted by atomic mass is 10.1. The van der Waals surface area contributed by atoms with Gasteiger partial charge in [0.2, 0.25) is 5.75 Å². The second-order valence-electron chi connectivity index (χ2n) is 5.92. The Morgan fingerprint density at radius 2 is 2.14 bits per heavy atom. The van der Waals surface area contributed by atoms with Crippen molar-refractivity contribution >= 4 is 11.6 Å². The van der Waals surface area contributed by atoms with E-state index in [1.165, 1.54) is 0 Å². The maximum absolute atomic E-state index is 5.57. The number of nitrogens with zero attached hydrogens (tertiary/aromatic N) is 4. The standard InChI is InChI=1S/C15H27N5O/c1-6-7-16-14-13(21-5)15(18-10-17-14)20-8-11(2)12(9-20)19(3)4/h10-12H,6-9H2,1-5H3,(H,16,17,18). The molecule has 0 aliphatic carbocycles. The molecule has 0 bridgehead atoms. The van der Waals surface area contributed by atoms with Crippen LogP contribution in [0.4, 0.5) is 11.6 Å². The molecule has 2 rings (SSSR count). The fourth-order valence-electron chi connectivity index (χ4n) is 2.94. The van der Waals surface area contributed by atoms with Crippen LogP contribution in [0.2, 0.25) is 0 Å². The number of rotatable bonds is 6. The Hall–Kier alpha value is -1.56. The molecule has 1 aliphatic rings. The number of methoxy groups -OCH3 is 1. The van der Waals surface area contributed by atoms with Gasteiger partial charge in [0.15, 0.2) is 11.6 Å². The molecule has 1 aromatic heterocycles. The van der Waals surface area contributed by atoms with Crippen molar-refractivity contribution in [2.45, 2.75) is 26.3 Å². The number of likely N-dealkylation sites (N-methyl/N-ethyl adjacent to an activating group) is 1. The van der Waals surface area contributed by atoms with Gasteiger partial charge >= 0.3 is 0 Å². The van der Waals surface area contributed by atoms with E-state index in [1.807, 2.05) is 0 Å². The lowest BCUT2D eigenvalue weighted by Crippen LogP contribution is -2.34. The molecule has 0 spiro atoms. The van der Waals surface area contributed by atoms with Gasteiger partial charge in [-0.25, -0.2) is 9.97 Å². The SMILES string of the molecule is CCCNc1ncnc(N2CC(C)C(N(C)C)C2)c1OC. The fourth-order valence-corrected chi connectivity index (χ4v) is 2.94. The third kappa shape index (κ3) is 3.37. The zero-order chi connectivity index (χ0) is 15.4. The van der Waals surface area contributed by atoms with Crippen LogP contribution in [0.3, 0.4) is 0 Å². The first-order valence-electron chi connectivity index (χ1n) is 7.62. The van der Waals surface area contributed by atoms with E-state index in [-0.39, 0.29) is 0 Å². The third-order valence-electron chi connectivity index (χ3n) is 4.07. The molecule has 6 nitrogen and oxygen atoms in total. The van der Waals surface area contributed by atoms with Gasteiger partial charge < -0.3 is 19.9 Å². The smallest absolute Gasteiger partial charge is 0.204 e. The summed E-state index contributed by atoms with van der Waals surface area (Å²) in [6, 6.07) is 0.539. The van der Waals surface area contributed by atoms with E-state index in [4.69, 9.17) is 4.74 Å². The molecule has 118 valence electrons. The van der Waals surface area contributed by atoms with Gasteiger partial charge in [-0.05, 0) is 26.4 Å². The Balaban J connectivity index is 2.23. The molecule has 1 N–H and O–H groups in total. The van der Waals surface area contributed by atoms with E-state index in [0.29, 0.717) is 12.0 Å². The van der Waals surface area contributed by atoms with Crippen molar-refractivity contribution in [2.24, 2.45) is 5.92 Å². The first-order valence-corrected chi connectivity index (χ1v) is 7.62. The summed E-state index contributed by atoms with van der Waals surface area (Å²) < 4.78 is 5.57. The fraction of sp³-hybridized carbons (Fsp3) is 0.733. The maximum Gasteiger partial charge on any atom is 0.204 e. The lowest BCUT2D eigenvalue weighted by molar-refractivity contribution is 0.266. The van der Waals surface area contributed by atoms with Gasteiger partial charge in [-0.15, -0.1) is 0 Å². The molecule has 0 aromatic carbocycles. The van der Waals surface area contributed by atoms with E-state index >= 15 is 0 Å². The van der Waals surface area contributed by atoms with Gasteiger partial charge in [0.1, 0.15) is 6.33 Å². The molecule has 0 amide bonds. The van der Waals surface area contributed by atoms with Gasteiger partial charge in [-0.2, -0.15) is 0 Å². The number of hydrogen-bond donors (Lipinski definition) is 1. The van der Waals surface area contributed by atoms with Gasteiger partial charge in [0, 0.05) is 25.7 Å². The van der Waals surface area contributed by atoms with Crippen LogP contribution in [0.25, 0.3) is 0 Å². The zero-order valence-electron chi connectivity index (χ0n) is 13.8. The monoisotopic (exact) mass is 293 g/mol. The summed E-state index contributed by atoms with van der Waals surface area (Å²) >= 11 is 0. The molecule has 1 aromatic rings. The molecule has 0 saturated carbocycles. The maximum atomic E-state index is 5.57. The van der Waals surface area contributed by atoms with Crippen LogP contribution in [-0.4, -0.2) is 61.7 Å². The Bertz CT molecular complexity index is 465. The van der Waals surface area contributed by atoms with Crippen LogP contribution in [-0.2, 0) is 0 Å². The quantitative estimate of drug-likeness (QED) is 0.861. The topological polar surface area (TPSA) is 53.5 Å². The van der Waals surface area contributed by atoms with Crippen molar-refractivity contribution in [1.82, 2.24) is 14.9 Å². The first-order chi connectivity index (χ1) is 10.1. The Labute approximate surface area is 127 Å². The molecule has 1 aliphatic heterocycles. The Morgan fingerprint density at radius 3 is 2.71 bits per heavy atom. The minimum atomic E-state index is 0.539. The zero-order valence-corrected chi connectivity index (χ0v) is 13.8. The summed E-state index contributed by atoms with van der Waals surface area (Å²) in [7, 11) is 5.95. The third-order valence-corrected chi connectivity index (χ3v) is 4.07. The van der Waals surface area contributed by atoms with Crippen LogP contribution in [0.15, 0.2) is 6.33 Å². The summed E-state index contributed by atoms with van der Waals surface area (Å²) in [5.41, 5.74) is 0. The average Bonchev–Trinajstić information content (AvgIpc) is 2.86. The molecular weight excluding hydrogens is 266 g/mol. The minimum Gasteiger partial charge on any atom is -0.490 e. The van der Waals surface area contributed by atoms with E-state index in [1.54, 1.807) is 13.4 Å². The van der Waals surface area contributed by atoms with Crippen LogP contribution in [0.5, 0.6) is 5.75 Å². The van der Waals surface area contributed by atoms with E-state index in [2.05, 4.69) is 53.0 Å². The predicted octanol–water partition coefficient (Wildman–Crippen LogP) is 1.69. The molecule has 2 unspecified atom stereocenters. The van der Waals surface area contributed by atoms with Crippen LogP contribution < -0.4 is 15.0 Å². The van der Waals surface area contributed by atoms with Crippen LogP contribution in [0, 0.1) is 5.92 Å². The molecule has 21 heavy (non-hydrogen) atoms. The highest BCUT2D eigenvalue weighted by atomic mass is 16.5. The molecule has 2 atom stereocenters. The van der Waals surface area contributed by atoms with E-state index in [9.17, 15) is 0 Å². The molecule has 1 fully saturated rings. The highest BCUT2D eigenvalue weighted by Crippen LogP contribution is 2.35. The normalized spacial score (nSPS) is 21.9. The summed E-state index contributed by atoms with van der Waals surface area (Å²) in [5.74, 6) is 3.02. The number of ether oxygens (including phenoxy) is 1. The largest absolute Gasteiger partial charge is 0.490 e. The van der Waals surface area contributed by atoms with Gasteiger partial charge in [0.05, 0.1) is 7.11 Å². The Kier molecular flexibility index (Phi) is 5.22. The van der Waals surface area contributed by atoms with Gasteiger partial charge in [-0.3, -0.25) is 0 Å². The molecule has 1 saturated heterocycles. The summed E-state index contributed by atoms with van der Waals surface area (Å²) in [5, 5.41) is 3.31. The number of hydrogen-bond acceptors (Lipinski definition) is 6. The predicted molar refractivity (Wildman–Crippen MR) is 86.2 cm³/mol. The van der Waals surface area contributed by atoms with Crippen LogP contribution >= 0.6 is 0 Å². The lowest BCUT2D eigenvalue weighted by Gasteiger charge is -2.23. The molecule has 2 heterocycles. The van der Waals surface area contributed by atoms with Gasteiger partial charge in [-0.1, -0.05) is 13.8 Å². The average molecular weight is 293 g/mol.